The van der Waals surface area contributed by atoms with E-state index in [-0.39, 0.29) is 42.3 Å². The number of nitrogens with zero attached hydrogens (tertiary/aromatic N) is 2. The van der Waals surface area contributed by atoms with E-state index >= 15 is 0 Å². The molecule has 1 aliphatic rings. The number of aliphatic hydroxyl groups excluding tert-OH is 1. The number of phosphoric ester groups is 1. The third-order valence-corrected chi connectivity index (χ3v) is 16.0. The van der Waals surface area contributed by atoms with Crippen LogP contribution in [-0.4, -0.2) is 116 Å². The second-order valence-corrected chi connectivity index (χ2v) is 22.7. The summed E-state index contributed by atoms with van der Waals surface area (Å²) in [5.74, 6) is 0.130. The van der Waals surface area contributed by atoms with Crippen molar-refractivity contribution in [1.29, 1.82) is 0 Å². The van der Waals surface area contributed by atoms with Crippen LogP contribution in [0.5, 0.6) is 5.75 Å². The van der Waals surface area contributed by atoms with Gasteiger partial charge in [0.05, 0.1) is 38.9 Å². The monoisotopic (exact) mass is 1120 g/mol. The van der Waals surface area contributed by atoms with Gasteiger partial charge >= 0.3 is 34.8 Å². The number of nitrogens with one attached hydrogen (secondary N) is 4. The third-order valence-electron chi connectivity index (χ3n) is 10.3. The minimum absolute atomic E-state index is 0.0200. The fraction of sp³-hybridized carbons (Fsp3) is 0.400. The van der Waals surface area contributed by atoms with Gasteiger partial charge in [-0.15, -0.1) is 11.3 Å². The quantitative estimate of drug-likeness (QED) is 0.0157. The van der Waals surface area contributed by atoms with Crippen molar-refractivity contribution < 1.29 is 88.0 Å². The number of phosphoric acid groups is 3. The van der Waals surface area contributed by atoms with E-state index in [2.05, 4.69) is 39.1 Å². The lowest BCUT2D eigenvalue weighted by Crippen LogP contribution is -2.33. The zero-order valence-corrected chi connectivity index (χ0v) is 42.2. The van der Waals surface area contributed by atoms with Crippen molar-refractivity contribution in [3.05, 3.63) is 91.6 Å². The Bertz CT molecular complexity index is 3280. The van der Waals surface area contributed by atoms with Crippen molar-refractivity contribution in [3.8, 4) is 16.3 Å². The smallest absolute Gasteiger partial charge is 0.490 e. The maximum absolute atomic E-state index is 12.8. The summed E-state index contributed by atoms with van der Waals surface area (Å²) in [5, 5.41) is 20.0. The van der Waals surface area contributed by atoms with Crippen molar-refractivity contribution in [1.82, 2.24) is 30.5 Å². The molecule has 3 aromatic heterocycles. The van der Waals surface area contributed by atoms with E-state index in [0.717, 1.165) is 28.2 Å². The summed E-state index contributed by atoms with van der Waals surface area (Å²) >= 11 is 1.05. The molecular weight excluding hydrogens is 1070 g/mol. The number of hydrogen-bond acceptors (Lipinski definition) is 21. The summed E-state index contributed by atoms with van der Waals surface area (Å²) in [4.78, 5) is 105. The summed E-state index contributed by atoms with van der Waals surface area (Å²) in [7, 11) is -21.6. The number of ether oxygens (including phenoxy) is 2. The molecule has 0 spiro atoms. The highest BCUT2D eigenvalue weighted by atomic mass is 32.2. The van der Waals surface area contributed by atoms with Crippen LogP contribution in [-0.2, 0) is 51.3 Å². The van der Waals surface area contributed by atoms with Crippen molar-refractivity contribution in [2.45, 2.75) is 68.3 Å². The fourth-order valence-electron chi connectivity index (χ4n) is 6.95. The molecule has 5 aromatic rings. The minimum Gasteiger partial charge on any atom is -0.744 e. The van der Waals surface area contributed by atoms with Gasteiger partial charge in [-0.2, -0.15) is 8.62 Å². The normalized spacial score (nSPS) is 18.0. The van der Waals surface area contributed by atoms with E-state index in [1.807, 2.05) is 0 Å². The molecule has 6 rings (SSSR count). The first-order chi connectivity index (χ1) is 34.3. The summed E-state index contributed by atoms with van der Waals surface area (Å²) in [6.07, 6.45) is 2.38. The zero-order valence-electron chi connectivity index (χ0n) is 37.9. The largest absolute Gasteiger partial charge is 0.744 e. The first kappa shape index (κ1) is 57.2. The number of fused-ring (bicyclic) bond motifs is 2. The Morgan fingerprint density at radius 3 is 2.44 bits per heavy atom. The number of hydrogen-bond donors (Lipinski definition) is 9. The number of aromatic amines is 1. The molecule has 1 fully saturated rings. The van der Waals surface area contributed by atoms with Gasteiger partial charge in [0.15, 0.2) is 0 Å². The Morgan fingerprint density at radius 1 is 0.932 bits per heavy atom. The summed E-state index contributed by atoms with van der Waals surface area (Å²) in [5.41, 5.74) is -1.51. The SMILES string of the molecule is O=C(CCCCCNC(=O)CCCNCCOc1ccc2oc(=O)c(-c3nc4ccc(S(=O)(=O)[O-])cc4s3)cc2c1)NC/C=C/c1cn([C@H]2C[C@H](O)[C@@H](COP(=O)(O)OP(=O)(O)OP(=O)(O)O)O2)c(=O)[nH]c1=O. The molecule has 0 saturated carbocycles. The predicted molar refractivity (Wildman–Crippen MR) is 256 cm³/mol. The van der Waals surface area contributed by atoms with Crippen LogP contribution < -0.4 is 37.6 Å². The van der Waals surface area contributed by atoms with Gasteiger partial charge in [-0.3, -0.25) is 28.5 Å². The fourth-order valence-corrected chi connectivity index (χ4v) is 11.6. The molecule has 2 unspecified atom stereocenters. The van der Waals surface area contributed by atoms with E-state index in [0.29, 0.717) is 90.3 Å². The predicted octanol–water partition coefficient (Wildman–Crippen LogP) is 2.07. The van der Waals surface area contributed by atoms with Gasteiger partial charge in [0.25, 0.3) is 5.56 Å². The number of carbonyl (C=O) groups excluding carboxylic acids is 2. The molecule has 28 nitrogen and oxygen atoms in total. The second-order valence-electron chi connectivity index (χ2n) is 15.9. The number of carbonyl (C=O) groups is 2. The molecule has 398 valence electrons. The molecule has 0 radical (unpaired) electrons. The Labute approximate surface area is 416 Å². The van der Waals surface area contributed by atoms with Gasteiger partial charge in [-0.1, -0.05) is 18.6 Å². The van der Waals surface area contributed by atoms with E-state index in [4.69, 9.17) is 23.7 Å². The molecule has 9 N–H and O–H groups in total. The van der Waals surface area contributed by atoms with Crippen LogP contribution in [0.3, 0.4) is 0 Å². The number of H-pyrrole nitrogens is 1. The first-order valence-electron chi connectivity index (χ1n) is 21.8. The van der Waals surface area contributed by atoms with Crippen molar-refractivity contribution in [3.63, 3.8) is 0 Å². The minimum atomic E-state index is -5.78. The second kappa shape index (κ2) is 25.0. The lowest BCUT2D eigenvalue weighted by Gasteiger charge is -2.19. The van der Waals surface area contributed by atoms with E-state index in [9.17, 15) is 65.5 Å². The molecule has 2 aromatic carbocycles. The van der Waals surface area contributed by atoms with Crippen LogP contribution in [0.1, 0.15) is 56.7 Å². The molecule has 2 amide bonds. The number of aromatic nitrogens is 3. The van der Waals surface area contributed by atoms with E-state index in [1.165, 1.54) is 24.3 Å². The maximum Gasteiger partial charge on any atom is 0.490 e. The summed E-state index contributed by atoms with van der Waals surface area (Å²) in [6.45, 7) is 0.831. The lowest BCUT2D eigenvalue weighted by atomic mass is 10.2. The summed E-state index contributed by atoms with van der Waals surface area (Å²) < 4.78 is 98.6. The molecule has 5 atom stereocenters. The van der Waals surface area contributed by atoms with E-state index < -0.39 is 80.4 Å². The van der Waals surface area contributed by atoms with Gasteiger partial charge in [0.2, 0.25) is 11.8 Å². The highest BCUT2D eigenvalue weighted by Gasteiger charge is 2.43. The molecule has 33 heteroatoms. The molecule has 0 aliphatic carbocycles. The number of amides is 2. The number of rotatable bonds is 27. The third kappa shape index (κ3) is 17.5. The topological polar surface area (TPSA) is 424 Å². The Kier molecular flexibility index (Phi) is 19.5. The highest BCUT2D eigenvalue weighted by molar-refractivity contribution is 7.85. The van der Waals surface area contributed by atoms with Crippen molar-refractivity contribution in [2.75, 3.05) is 39.4 Å². The molecular formula is C40H48N6O22P3S2-. The molecule has 0 bridgehead atoms. The maximum atomic E-state index is 12.8. The Morgan fingerprint density at radius 2 is 1.68 bits per heavy atom. The highest BCUT2D eigenvalue weighted by Crippen LogP contribution is 2.66. The Hall–Kier alpha value is -5.10. The van der Waals surface area contributed by atoms with Crippen LogP contribution >= 0.6 is 34.8 Å². The van der Waals surface area contributed by atoms with Gasteiger partial charge in [-0.05, 0) is 68.3 Å². The Balaban J connectivity index is 0.813. The van der Waals surface area contributed by atoms with Crippen LogP contribution in [0.2, 0.25) is 0 Å². The van der Waals surface area contributed by atoms with Crippen molar-refractivity contribution >= 4 is 84.0 Å². The number of benzene rings is 2. The van der Waals surface area contributed by atoms with Crippen molar-refractivity contribution in [2.24, 2.45) is 0 Å². The van der Waals surface area contributed by atoms with Crippen LogP contribution in [0.4, 0.5) is 0 Å². The van der Waals surface area contributed by atoms with Gasteiger partial charge in [0, 0.05) is 50.5 Å². The zero-order chi connectivity index (χ0) is 53.1. The number of aliphatic hydroxyl groups is 1. The molecule has 73 heavy (non-hydrogen) atoms. The van der Waals surface area contributed by atoms with Crippen LogP contribution in [0.25, 0.3) is 37.8 Å². The lowest BCUT2D eigenvalue weighted by molar-refractivity contribution is -0.122. The average Bonchev–Trinajstić information content (AvgIpc) is 3.89. The molecule has 1 aliphatic heterocycles. The number of unbranched alkanes of at least 4 members (excludes halogenated alkanes) is 2. The summed E-state index contributed by atoms with van der Waals surface area (Å²) in [6, 6.07) is 10.3. The standard InChI is InChI=1S/C40H49N6O22P3S2/c47-30-21-36(65-32(30)23-64-70(56,57)68-71(58,59)67-69(53,54)55)46-22-24(37(50)45-40(46)52)6-4-15-43-34(48)7-2-1-3-14-42-35(49)8-5-13-41-16-17-63-26-9-12-31-25(18-26)19-28(39(51)66-31)38-44-29-11-10-27(73(60,61)62)20-33(29)72-38/h4,6,9-12,18-20,22,30,32,36,41,47H,1-3,5,7-8,13-17,21,23H2,(H,42,49)(H,43,48)(H,56,57)(H,58,59)(H,45,50,52)(H2,53,54,55)(H,60,61,62)/p-1/b6-4+/t30-,32+,36+/m0/s1. The molecule has 4 heterocycles. The average molecular weight is 1120 g/mol. The van der Waals surface area contributed by atoms with Crippen LogP contribution in [0.15, 0.2) is 78.4 Å². The van der Waals surface area contributed by atoms with Crippen LogP contribution in [0, 0.1) is 0 Å². The number of thiazole rings is 1. The van der Waals surface area contributed by atoms with Gasteiger partial charge in [0.1, 0.15) is 45.4 Å². The first-order valence-corrected chi connectivity index (χ1v) is 28.5. The van der Waals surface area contributed by atoms with Gasteiger partial charge in [-0.25, -0.2) is 36.7 Å². The molecule has 1 saturated heterocycles. The van der Waals surface area contributed by atoms with Gasteiger partial charge < -0.3 is 59.1 Å². The van der Waals surface area contributed by atoms with E-state index in [1.54, 1.807) is 24.3 Å².